The highest BCUT2D eigenvalue weighted by Gasteiger charge is 2.29. The van der Waals surface area contributed by atoms with Crippen molar-refractivity contribution in [1.29, 1.82) is 0 Å². The quantitative estimate of drug-likeness (QED) is 0.729. The Morgan fingerprint density at radius 3 is 2.89 bits per heavy atom. The van der Waals surface area contributed by atoms with Gasteiger partial charge in [-0.25, -0.2) is 0 Å². The van der Waals surface area contributed by atoms with Gasteiger partial charge in [0.05, 0.1) is 12.2 Å². The molecule has 0 radical (unpaired) electrons. The summed E-state index contributed by atoms with van der Waals surface area (Å²) in [5, 5.41) is 0.626. The maximum absolute atomic E-state index is 12.5. The number of amides is 1. The fraction of sp³-hybridized carbons (Fsp3) is 0.357. The second-order valence-corrected chi connectivity index (χ2v) is 5.03. The molecular weight excluding hydrogens is 250 g/mol. The van der Waals surface area contributed by atoms with Gasteiger partial charge in [0.2, 0.25) is 5.91 Å². The molecule has 3 rings (SSSR count). The van der Waals surface area contributed by atoms with Gasteiger partial charge in [-0.05, 0) is 31.0 Å². The molecule has 0 saturated heterocycles. The van der Waals surface area contributed by atoms with Crippen molar-refractivity contribution < 1.29 is 9.53 Å². The Kier molecular flexibility index (Phi) is 3.00. The molecule has 2 aliphatic rings. The maximum atomic E-state index is 12.5. The average molecular weight is 264 g/mol. The third-order valence-corrected chi connectivity index (χ3v) is 3.64. The van der Waals surface area contributed by atoms with Crippen LogP contribution < -0.4 is 9.64 Å². The van der Waals surface area contributed by atoms with Crippen LogP contribution in [-0.4, -0.2) is 19.1 Å². The minimum Gasteiger partial charge on any atom is -0.490 e. The number of benzene rings is 1. The van der Waals surface area contributed by atoms with Crippen molar-refractivity contribution in [3.8, 4) is 5.75 Å². The van der Waals surface area contributed by atoms with E-state index in [4.69, 9.17) is 16.3 Å². The number of carbonyl (C=O) groups excluding carboxylic acids is 1. The third kappa shape index (κ3) is 1.99. The van der Waals surface area contributed by atoms with Crippen molar-refractivity contribution in [2.24, 2.45) is 5.92 Å². The molecular formula is C14H14ClNO2. The normalized spacial score (nSPS) is 18.6. The summed E-state index contributed by atoms with van der Waals surface area (Å²) in [7, 11) is 0. The molecule has 0 N–H and O–H groups in total. The molecule has 0 fully saturated rings. The molecule has 0 aromatic heterocycles. The van der Waals surface area contributed by atoms with Crippen molar-refractivity contribution in [3.63, 3.8) is 0 Å². The molecule has 3 nitrogen and oxygen atoms in total. The lowest BCUT2D eigenvalue weighted by molar-refractivity contribution is -0.122. The summed E-state index contributed by atoms with van der Waals surface area (Å²) in [5.74, 6) is 0.992. The molecule has 0 atom stereocenters. The van der Waals surface area contributed by atoms with Gasteiger partial charge in [-0.3, -0.25) is 4.79 Å². The van der Waals surface area contributed by atoms with E-state index in [0.29, 0.717) is 18.2 Å². The smallest absolute Gasteiger partial charge is 0.230 e. The number of anilines is 1. The summed E-state index contributed by atoms with van der Waals surface area (Å²) < 4.78 is 5.55. The van der Waals surface area contributed by atoms with E-state index < -0.39 is 0 Å². The second-order valence-electron chi connectivity index (χ2n) is 4.59. The highest BCUT2D eigenvalue weighted by atomic mass is 35.5. The standard InChI is InChI=1S/C14H14ClNO2/c15-11-5-6-13-12(9-11)16(7-8-18-13)14(17)10-3-1-2-4-10/h1-2,5-6,9-10H,3-4,7-8H2. The monoisotopic (exact) mass is 263 g/mol. The summed E-state index contributed by atoms with van der Waals surface area (Å²) >= 11 is 6.00. The summed E-state index contributed by atoms with van der Waals surface area (Å²) in [6.45, 7) is 1.14. The minimum atomic E-state index is 0.0786. The second kappa shape index (κ2) is 4.65. The van der Waals surface area contributed by atoms with Crippen LogP contribution in [0.4, 0.5) is 5.69 Å². The van der Waals surface area contributed by atoms with Crippen molar-refractivity contribution in [1.82, 2.24) is 0 Å². The number of ether oxygens (including phenoxy) is 1. The van der Waals surface area contributed by atoms with Gasteiger partial charge in [0.1, 0.15) is 12.4 Å². The molecule has 1 amide bonds. The van der Waals surface area contributed by atoms with E-state index in [9.17, 15) is 4.79 Å². The molecule has 0 saturated carbocycles. The first-order valence-corrected chi connectivity index (χ1v) is 6.52. The van der Waals surface area contributed by atoms with Crippen LogP contribution in [0.15, 0.2) is 30.4 Å². The van der Waals surface area contributed by atoms with Gasteiger partial charge < -0.3 is 9.64 Å². The lowest BCUT2D eigenvalue weighted by atomic mass is 10.0. The summed E-state index contributed by atoms with van der Waals surface area (Å²) in [5.41, 5.74) is 0.797. The molecule has 1 aromatic rings. The van der Waals surface area contributed by atoms with E-state index in [1.807, 2.05) is 11.0 Å². The predicted molar refractivity (Wildman–Crippen MR) is 71.2 cm³/mol. The van der Waals surface area contributed by atoms with Crippen LogP contribution in [0, 0.1) is 5.92 Å². The van der Waals surface area contributed by atoms with E-state index in [1.54, 1.807) is 12.1 Å². The molecule has 1 aliphatic heterocycles. The van der Waals surface area contributed by atoms with Crippen LogP contribution >= 0.6 is 11.6 Å². The fourth-order valence-corrected chi connectivity index (χ4v) is 2.63. The number of hydrogen-bond donors (Lipinski definition) is 0. The molecule has 0 spiro atoms. The Bertz CT molecular complexity index is 505. The van der Waals surface area contributed by atoms with Gasteiger partial charge in [-0.1, -0.05) is 23.8 Å². The van der Waals surface area contributed by atoms with E-state index >= 15 is 0 Å². The van der Waals surface area contributed by atoms with Gasteiger partial charge >= 0.3 is 0 Å². The SMILES string of the molecule is O=C(C1CC=CC1)N1CCOc2ccc(Cl)cc21. The first kappa shape index (κ1) is 11.6. The van der Waals surface area contributed by atoms with Crippen LogP contribution in [0.2, 0.25) is 5.02 Å². The van der Waals surface area contributed by atoms with Gasteiger partial charge in [-0.2, -0.15) is 0 Å². The zero-order valence-electron chi connectivity index (χ0n) is 9.93. The van der Waals surface area contributed by atoms with Gasteiger partial charge in [0.25, 0.3) is 0 Å². The summed E-state index contributed by atoms with van der Waals surface area (Å²) in [4.78, 5) is 14.3. The van der Waals surface area contributed by atoms with Crippen molar-refractivity contribution in [2.75, 3.05) is 18.1 Å². The molecule has 1 heterocycles. The van der Waals surface area contributed by atoms with Crippen LogP contribution in [-0.2, 0) is 4.79 Å². The van der Waals surface area contributed by atoms with E-state index in [2.05, 4.69) is 12.2 Å². The molecule has 0 bridgehead atoms. The molecule has 0 unspecified atom stereocenters. The molecule has 1 aromatic carbocycles. The number of hydrogen-bond acceptors (Lipinski definition) is 2. The van der Waals surface area contributed by atoms with Crippen molar-refractivity contribution in [3.05, 3.63) is 35.4 Å². The van der Waals surface area contributed by atoms with Crippen LogP contribution in [0.1, 0.15) is 12.8 Å². The van der Waals surface area contributed by atoms with E-state index in [0.717, 1.165) is 24.3 Å². The topological polar surface area (TPSA) is 29.5 Å². The van der Waals surface area contributed by atoms with Crippen molar-refractivity contribution in [2.45, 2.75) is 12.8 Å². The van der Waals surface area contributed by atoms with Gasteiger partial charge in [-0.15, -0.1) is 0 Å². The Morgan fingerprint density at radius 2 is 2.11 bits per heavy atom. The Balaban J connectivity index is 1.90. The molecule has 1 aliphatic carbocycles. The number of rotatable bonds is 1. The van der Waals surface area contributed by atoms with Crippen molar-refractivity contribution >= 4 is 23.2 Å². The zero-order chi connectivity index (χ0) is 12.5. The fourth-order valence-electron chi connectivity index (χ4n) is 2.46. The Morgan fingerprint density at radius 1 is 1.33 bits per heavy atom. The highest BCUT2D eigenvalue weighted by Crippen LogP contribution is 2.35. The first-order chi connectivity index (χ1) is 8.75. The number of fused-ring (bicyclic) bond motifs is 1. The van der Waals surface area contributed by atoms with E-state index in [1.165, 1.54) is 0 Å². The van der Waals surface area contributed by atoms with Gasteiger partial charge in [0, 0.05) is 10.9 Å². The largest absolute Gasteiger partial charge is 0.490 e. The lowest BCUT2D eigenvalue weighted by Crippen LogP contribution is -2.41. The molecule has 4 heteroatoms. The zero-order valence-corrected chi connectivity index (χ0v) is 10.7. The molecule has 94 valence electrons. The van der Waals surface area contributed by atoms with E-state index in [-0.39, 0.29) is 11.8 Å². The Labute approximate surface area is 111 Å². The third-order valence-electron chi connectivity index (χ3n) is 3.41. The average Bonchev–Trinajstić information content (AvgIpc) is 2.91. The predicted octanol–water partition coefficient (Wildman–Crippen LogP) is 3.03. The van der Waals surface area contributed by atoms with Gasteiger partial charge in [0.15, 0.2) is 0 Å². The van der Waals surface area contributed by atoms with Crippen LogP contribution in [0.5, 0.6) is 5.75 Å². The number of nitrogens with zero attached hydrogens (tertiary/aromatic N) is 1. The maximum Gasteiger partial charge on any atom is 0.230 e. The number of carbonyl (C=O) groups is 1. The summed E-state index contributed by atoms with van der Waals surface area (Å²) in [6.07, 6.45) is 5.82. The highest BCUT2D eigenvalue weighted by molar-refractivity contribution is 6.31. The lowest BCUT2D eigenvalue weighted by Gasteiger charge is -2.31. The minimum absolute atomic E-state index is 0.0786. The van der Waals surface area contributed by atoms with Crippen LogP contribution in [0.25, 0.3) is 0 Å². The first-order valence-electron chi connectivity index (χ1n) is 6.14. The summed E-state index contributed by atoms with van der Waals surface area (Å²) in [6, 6.07) is 5.41. The van der Waals surface area contributed by atoms with Crippen LogP contribution in [0.3, 0.4) is 0 Å². The molecule has 18 heavy (non-hydrogen) atoms. The Hall–Kier alpha value is -1.48. The number of allylic oxidation sites excluding steroid dienone is 2. The number of halogens is 1.